The first-order valence-electron chi connectivity index (χ1n) is 5.37. The molecule has 0 fully saturated rings. The second kappa shape index (κ2) is 6.71. The van der Waals surface area contributed by atoms with Crippen LogP contribution in [0.2, 0.25) is 0 Å². The van der Waals surface area contributed by atoms with Gasteiger partial charge in [-0.05, 0) is 18.6 Å². The predicted octanol–water partition coefficient (Wildman–Crippen LogP) is 1.99. The van der Waals surface area contributed by atoms with Crippen LogP contribution in [0.3, 0.4) is 0 Å². The van der Waals surface area contributed by atoms with Crippen LogP contribution in [0, 0.1) is 0 Å². The highest BCUT2D eigenvalue weighted by Crippen LogP contribution is 2.19. The van der Waals surface area contributed by atoms with Gasteiger partial charge >= 0.3 is 5.97 Å². The number of carbonyl (C=O) groups excluding carboxylic acids is 1. The number of hydrogen-bond donors (Lipinski definition) is 1. The second-order valence-electron chi connectivity index (χ2n) is 3.36. The third-order valence-corrected chi connectivity index (χ3v) is 1.98. The fourth-order valence-corrected chi connectivity index (χ4v) is 1.20. The van der Waals surface area contributed by atoms with E-state index in [2.05, 4.69) is 0 Å². The van der Waals surface area contributed by atoms with Gasteiger partial charge in [-0.25, -0.2) is 0 Å². The molecule has 1 aromatic carbocycles. The second-order valence-corrected chi connectivity index (χ2v) is 3.36. The summed E-state index contributed by atoms with van der Waals surface area (Å²) in [5.41, 5.74) is 6.26. The summed E-state index contributed by atoms with van der Waals surface area (Å²) in [6, 6.07) is 7.22. The van der Waals surface area contributed by atoms with Gasteiger partial charge in [-0.1, -0.05) is 19.1 Å². The molecule has 0 amide bonds. The van der Waals surface area contributed by atoms with Crippen LogP contribution in [-0.4, -0.2) is 19.2 Å². The summed E-state index contributed by atoms with van der Waals surface area (Å²) in [5, 5.41) is 0. The number of benzene rings is 1. The Hall–Kier alpha value is -1.71. The molecule has 1 aromatic rings. The van der Waals surface area contributed by atoms with Crippen LogP contribution in [0.5, 0.6) is 5.75 Å². The van der Waals surface area contributed by atoms with E-state index < -0.39 is 0 Å². The maximum absolute atomic E-state index is 11.0. The van der Waals surface area contributed by atoms with E-state index >= 15 is 0 Å². The smallest absolute Gasteiger partial charge is 0.305 e. The van der Waals surface area contributed by atoms with E-state index in [0.717, 1.165) is 6.42 Å². The molecule has 0 saturated heterocycles. The summed E-state index contributed by atoms with van der Waals surface area (Å²) in [5.74, 6) is 0.432. The van der Waals surface area contributed by atoms with Gasteiger partial charge in [-0.2, -0.15) is 0 Å². The number of anilines is 1. The number of rotatable bonds is 6. The van der Waals surface area contributed by atoms with E-state index in [0.29, 0.717) is 24.5 Å². The van der Waals surface area contributed by atoms with Crippen LogP contribution in [0.4, 0.5) is 5.69 Å². The molecule has 0 unspecified atom stereocenters. The number of ether oxygens (including phenoxy) is 2. The number of carbonyl (C=O) groups is 1. The maximum atomic E-state index is 11.0. The van der Waals surface area contributed by atoms with Gasteiger partial charge in [0.2, 0.25) is 0 Å². The predicted molar refractivity (Wildman–Crippen MR) is 62.2 cm³/mol. The molecule has 0 atom stereocenters. The van der Waals surface area contributed by atoms with Crippen LogP contribution in [-0.2, 0) is 9.53 Å². The minimum absolute atomic E-state index is 0.188. The van der Waals surface area contributed by atoms with Crippen molar-refractivity contribution in [3.63, 3.8) is 0 Å². The molecule has 0 aliphatic rings. The molecular weight excluding hydrogens is 206 g/mol. The molecule has 2 N–H and O–H groups in total. The first-order valence-corrected chi connectivity index (χ1v) is 5.37. The highest BCUT2D eigenvalue weighted by Gasteiger charge is 2.01. The Bertz CT molecular complexity index is 339. The molecule has 4 heteroatoms. The monoisotopic (exact) mass is 223 g/mol. The highest BCUT2D eigenvalue weighted by molar-refractivity contribution is 5.69. The summed E-state index contributed by atoms with van der Waals surface area (Å²) in [6.07, 6.45) is 1.25. The lowest BCUT2D eigenvalue weighted by molar-refractivity contribution is -0.144. The average molecular weight is 223 g/mol. The van der Waals surface area contributed by atoms with Crippen molar-refractivity contribution >= 4 is 11.7 Å². The van der Waals surface area contributed by atoms with Crippen molar-refractivity contribution in [3.8, 4) is 5.75 Å². The Morgan fingerprint density at radius 3 is 2.75 bits per heavy atom. The Morgan fingerprint density at radius 1 is 1.31 bits per heavy atom. The Balaban J connectivity index is 2.21. The molecule has 4 nitrogen and oxygen atoms in total. The summed E-state index contributed by atoms with van der Waals surface area (Å²) in [4.78, 5) is 11.0. The molecule has 0 saturated carbocycles. The Kier molecular flexibility index (Phi) is 5.19. The van der Waals surface area contributed by atoms with Crippen molar-refractivity contribution in [2.75, 3.05) is 18.9 Å². The molecule has 0 aliphatic heterocycles. The van der Waals surface area contributed by atoms with Gasteiger partial charge in [0.15, 0.2) is 0 Å². The lowest BCUT2D eigenvalue weighted by atomic mass is 10.3. The number of esters is 1. The van der Waals surface area contributed by atoms with Gasteiger partial charge in [0, 0.05) is 6.42 Å². The van der Waals surface area contributed by atoms with Crippen molar-refractivity contribution in [1.29, 1.82) is 0 Å². The fraction of sp³-hybridized carbons (Fsp3) is 0.417. The van der Waals surface area contributed by atoms with E-state index in [1.807, 2.05) is 19.1 Å². The first-order chi connectivity index (χ1) is 7.74. The molecule has 16 heavy (non-hydrogen) atoms. The number of nitrogen functional groups attached to an aromatic ring is 1. The van der Waals surface area contributed by atoms with Crippen molar-refractivity contribution < 1.29 is 14.3 Å². The summed E-state index contributed by atoms with van der Waals surface area (Å²) >= 11 is 0. The fourth-order valence-electron chi connectivity index (χ4n) is 1.20. The molecule has 0 radical (unpaired) electrons. The molecule has 0 spiro atoms. The molecule has 0 bridgehead atoms. The van der Waals surface area contributed by atoms with Crippen molar-refractivity contribution in [2.24, 2.45) is 0 Å². The lowest BCUT2D eigenvalue weighted by Gasteiger charge is -2.08. The SMILES string of the molecule is CCCC(=O)OCCOc1ccccc1N. The van der Waals surface area contributed by atoms with Crippen LogP contribution >= 0.6 is 0 Å². The van der Waals surface area contributed by atoms with Gasteiger partial charge in [0.05, 0.1) is 5.69 Å². The minimum Gasteiger partial charge on any atom is -0.488 e. The quantitative estimate of drug-likeness (QED) is 0.455. The average Bonchev–Trinajstić information content (AvgIpc) is 2.27. The maximum Gasteiger partial charge on any atom is 0.305 e. The van der Waals surface area contributed by atoms with Crippen molar-refractivity contribution in [1.82, 2.24) is 0 Å². The zero-order valence-corrected chi connectivity index (χ0v) is 9.44. The van der Waals surface area contributed by atoms with Gasteiger partial charge in [-0.15, -0.1) is 0 Å². The van der Waals surface area contributed by atoms with E-state index in [9.17, 15) is 4.79 Å². The van der Waals surface area contributed by atoms with E-state index in [1.165, 1.54) is 0 Å². The van der Waals surface area contributed by atoms with Gasteiger partial charge in [-0.3, -0.25) is 4.79 Å². The van der Waals surface area contributed by atoms with Gasteiger partial charge < -0.3 is 15.2 Å². The first kappa shape index (κ1) is 12.4. The van der Waals surface area contributed by atoms with Crippen molar-refractivity contribution in [2.45, 2.75) is 19.8 Å². The molecule has 88 valence electrons. The van der Waals surface area contributed by atoms with E-state index in [4.69, 9.17) is 15.2 Å². The van der Waals surface area contributed by atoms with Crippen LogP contribution in [0.15, 0.2) is 24.3 Å². The van der Waals surface area contributed by atoms with Crippen molar-refractivity contribution in [3.05, 3.63) is 24.3 Å². The highest BCUT2D eigenvalue weighted by atomic mass is 16.6. The van der Waals surface area contributed by atoms with Crippen LogP contribution in [0.1, 0.15) is 19.8 Å². The normalized spacial score (nSPS) is 9.81. The third kappa shape index (κ3) is 4.21. The topological polar surface area (TPSA) is 61.5 Å². The molecule has 0 heterocycles. The largest absolute Gasteiger partial charge is 0.488 e. The van der Waals surface area contributed by atoms with Gasteiger partial charge in [0.25, 0.3) is 0 Å². The standard InChI is InChI=1S/C12H17NO3/c1-2-5-12(14)16-9-8-15-11-7-4-3-6-10(11)13/h3-4,6-7H,2,5,8-9,13H2,1H3. The number of hydrogen-bond acceptors (Lipinski definition) is 4. The number of nitrogens with two attached hydrogens (primary N) is 1. The molecule has 1 rings (SSSR count). The molecular formula is C12H17NO3. The summed E-state index contributed by atoms with van der Waals surface area (Å²) < 4.78 is 10.3. The molecule has 0 aliphatic carbocycles. The van der Waals surface area contributed by atoms with Gasteiger partial charge in [0.1, 0.15) is 19.0 Å². The Morgan fingerprint density at radius 2 is 2.06 bits per heavy atom. The summed E-state index contributed by atoms with van der Waals surface area (Å²) in [7, 11) is 0. The molecule has 0 aromatic heterocycles. The zero-order chi connectivity index (χ0) is 11.8. The van der Waals surface area contributed by atoms with E-state index in [-0.39, 0.29) is 12.6 Å². The van der Waals surface area contributed by atoms with Crippen LogP contribution < -0.4 is 10.5 Å². The number of para-hydroxylation sites is 2. The minimum atomic E-state index is -0.188. The Labute approximate surface area is 95.3 Å². The van der Waals surface area contributed by atoms with Crippen LogP contribution in [0.25, 0.3) is 0 Å². The zero-order valence-electron chi connectivity index (χ0n) is 9.44. The van der Waals surface area contributed by atoms with E-state index in [1.54, 1.807) is 12.1 Å². The third-order valence-electron chi connectivity index (χ3n) is 1.98. The lowest BCUT2D eigenvalue weighted by Crippen LogP contribution is -2.12. The summed E-state index contributed by atoms with van der Waals surface area (Å²) in [6.45, 7) is 2.51.